The Bertz CT molecular complexity index is 1230. The van der Waals surface area contributed by atoms with Crippen LogP contribution in [-0.2, 0) is 10.0 Å². The van der Waals surface area contributed by atoms with Crippen LogP contribution in [0.4, 0.5) is 5.69 Å². The molecule has 0 aliphatic carbocycles. The Balaban J connectivity index is 1.68. The Kier molecular flexibility index (Phi) is 5.88. The molecule has 4 rings (SSSR count). The largest absolute Gasteiger partial charge is 0.493 e. The lowest BCUT2D eigenvalue weighted by molar-refractivity contribution is 0.207. The molecule has 0 fully saturated rings. The van der Waals surface area contributed by atoms with Gasteiger partial charge in [-0.15, -0.1) is 0 Å². The van der Waals surface area contributed by atoms with Crippen LogP contribution in [0.1, 0.15) is 30.1 Å². The van der Waals surface area contributed by atoms with Crippen molar-refractivity contribution < 1.29 is 27.4 Å². The van der Waals surface area contributed by atoms with Crippen LogP contribution in [0.5, 0.6) is 23.0 Å². The monoisotopic (exact) mass is 455 g/mol. The van der Waals surface area contributed by atoms with Crippen LogP contribution in [0.2, 0.25) is 0 Å². The molecule has 3 aromatic carbocycles. The van der Waals surface area contributed by atoms with Gasteiger partial charge in [-0.2, -0.15) is 0 Å². The summed E-state index contributed by atoms with van der Waals surface area (Å²) in [5.74, 6) is 2.25. The van der Waals surface area contributed by atoms with Gasteiger partial charge in [0.2, 0.25) is 0 Å². The molecule has 0 saturated carbocycles. The average Bonchev–Trinajstić information content (AvgIpc) is 3.14. The van der Waals surface area contributed by atoms with Gasteiger partial charge in [-0.05, 0) is 35.9 Å². The van der Waals surface area contributed by atoms with E-state index in [-0.39, 0.29) is 16.9 Å². The van der Waals surface area contributed by atoms with E-state index in [1.165, 1.54) is 7.11 Å². The molecule has 0 saturated heterocycles. The van der Waals surface area contributed by atoms with Crippen molar-refractivity contribution in [3.05, 3.63) is 71.8 Å². The third-order valence-electron chi connectivity index (χ3n) is 5.53. The summed E-state index contributed by atoms with van der Waals surface area (Å²) in [6.45, 7) is 2.03. The number of fused-ring (bicyclic) bond motifs is 1. The van der Waals surface area contributed by atoms with E-state index >= 15 is 0 Å². The molecule has 0 bridgehead atoms. The minimum Gasteiger partial charge on any atom is -0.493 e. The number of anilines is 1. The molecule has 8 heteroatoms. The molecule has 1 aliphatic rings. The van der Waals surface area contributed by atoms with Crippen LogP contribution in [-0.4, -0.2) is 29.7 Å². The van der Waals surface area contributed by atoms with Gasteiger partial charge in [0.15, 0.2) is 23.0 Å². The van der Waals surface area contributed by atoms with E-state index in [4.69, 9.17) is 18.9 Å². The number of rotatable bonds is 7. The summed E-state index contributed by atoms with van der Waals surface area (Å²) >= 11 is 0. The van der Waals surface area contributed by atoms with Crippen molar-refractivity contribution in [1.29, 1.82) is 0 Å². The number of hydrogen-bond donors (Lipinski definition) is 1. The zero-order chi connectivity index (χ0) is 22.9. The molecule has 0 unspecified atom stereocenters. The zero-order valence-electron chi connectivity index (χ0n) is 18.3. The van der Waals surface area contributed by atoms with Crippen molar-refractivity contribution in [3.8, 4) is 23.0 Å². The summed E-state index contributed by atoms with van der Waals surface area (Å²) in [6.07, 6.45) is -0.292. The first-order chi connectivity index (χ1) is 15.4. The van der Waals surface area contributed by atoms with Crippen LogP contribution in [0, 0.1) is 0 Å². The molecule has 168 valence electrons. The molecule has 7 nitrogen and oxygen atoms in total. The maximum atomic E-state index is 12.8. The summed E-state index contributed by atoms with van der Waals surface area (Å²) in [6, 6.07) is 17.3. The van der Waals surface area contributed by atoms with E-state index < -0.39 is 10.0 Å². The second-order valence-electron chi connectivity index (χ2n) is 7.46. The van der Waals surface area contributed by atoms with E-state index in [0.717, 1.165) is 11.1 Å². The number of benzene rings is 3. The highest BCUT2D eigenvalue weighted by Crippen LogP contribution is 2.52. The van der Waals surface area contributed by atoms with E-state index in [0.29, 0.717) is 28.7 Å². The molecule has 1 N–H and O–H groups in total. The van der Waals surface area contributed by atoms with E-state index in [2.05, 4.69) is 4.72 Å². The Labute approximate surface area is 187 Å². The van der Waals surface area contributed by atoms with Crippen molar-refractivity contribution in [2.75, 3.05) is 26.1 Å². The minimum absolute atomic E-state index is 0.0572. The SMILES string of the molecule is COc1ccc([C@H]2Oc3c(OC)cc(NS(=O)(=O)c4ccccc4)cc3[C@@H]2C)cc1OC. The average molecular weight is 456 g/mol. The fourth-order valence-corrected chi connectivity index (χ4v) is 4.95. The highest BCUT2D eigenvalue weighted by Gasteiger charge is 2.36. The quantitative estimate of drug-likeness (QED) is 0.554. The lowest BCUT2D eigenvalue weighted by Gasteiger charge is -2.18. The third kappa shape index (κ3) is 3.93. The molecule has 0 spiro atoms. The smallest absolute Gasteiger partial charge is 0.261 e. The van der Waals surface area contributed by atoms with Gasteiger partial charge in [0.1, 0.15) is 6.10 Å². The van der Waals surface area contributed by atoms with Crippen LogP contribution >= 0.6 is 0 Å². The molecule has 1 heterocycles. The summed E-state index contributed by atoms with van der Waals surface area (Å²) < 4.78 is 50.8. The Morgan fingerprint density at radius 3 is 2.19 bits per heavy atom. The van der Waals surface area contributed by atoms with Gasteiger partial charge in [0, 0.05) is 17.5 Å². The Morgan fingerprint density at radius 2 is 1.53 bits per heavy atom. The van der Waals surface area contributed by atoms with Crippen LogP contribution in [0.3, 0.4) is 0 Å². The zero-order valence-corrected chi connectivity index (χ0v) is 19.1. The summed E-state index contributed by atoms with van der Waals surface area (Å²) in [7, 11) is 0.973. The lowest BCUT2D eigenvalue weighted by atomic mass is 9.92. The molecule has 1 aliphatic heterocycles. The summed E-state index contributed by atoms with van der Waals surface area (Å²) in [5.41, 5.74) is 2.18. The van der Waals surface area contributed by atoms with Crippen LogP contribution in [0.15, 0.2) is 65.6 Å². The minimum atomic E-state index is -3.73. The number of sulfonamides is 1. The molecular weight excluding hydrogens is 430 g/mol. The van der Waals surface area contributed by atoms with Gasteiger partial charge in [0.25, 0.3) is 10.0 Å². The molecule has 0 radical (unpaired) electrons. The maximum Gasteiger partial charge on any atom is 0.261 e. The van der Waals surface area contributed by atoms with Gasteiger partial charge < -0.3 is 18.9 Å². The summed E-state index contributed by atoms with van der Waals surface area (Å²) in [5, 5.41) is 0. The van der Waals surface area contributed by atoms with Gasteiger partial charge in [-0.25, -0.2) is 8.42 Å². The van der Waals surface area contributed by atoms with Crippen LogP contribution in [0.25, 0.3) is 0 Å². The van der Waals surface area contributed by atoms with Crippen molar-refractivity contribution >= 4 is 15.7 Å². The molecule has 0 amide bonds. The van der Waals surface area contributed by atoms with E-state index in [9.17, 15) is 8.42 Å². The normalized spacial score (nSPS) is 17.2. The fraction of sp³-hybridized carbons (Fsp3) is 0.250. The Hall–Kier alpha value is -3.39. The predicted molar refractivity (Wildman–Crippen MR) is 122 cm³/mol. The molecule has 2 atom stereocenters. The standard InChI is InChI=1S/C24H25NO6S/c1-15-19-13-17(25-32(26,27)18-8-6-5-7-9-18)14-22(30-4)24(19)31-23(15)16-10-11-20(28-2)21(12-16)29-3/h5-15,23,25H,1-4H3/t15-,23-/m0/s1. The number of nitrogens with one attached hydrogen (secondary N) is 1. The van der Waals surface area contributed by atoms with Crippen molar-refractivity contribution in [2.45, 2.75) is 23.8 Å². The van der Waals surface area contributed by atoms with Crippen molar-refractivity contribution in [2.24, 2.45) is 0 Å². The third-order valence-corrected chi connectivity index (χ3v) is 6.93. The molecule has 0 aromatic heterocycles. The first-order valence-corrected chi connectivity index (χ1v) is 11.5. The van der Waals surface area contributed by atoms with Gasteiger partial charge in [-0.1, -0.05) is 31.2 Å². The van der Waals surface area contributed by atoms with Crippen molar-refractivity contribution in [1.82, 2.24) is 0 Å². The van der Waals surface area contributed by atoms with Crippen molar-refractivity contribution in [3.63, 3.8) is 0 Å². The second kappa shape index (κ2) is 8.63. The highest BCUT2D eigenvalue weighted by atomic mass is 32.2. The lowest BCUT2D eigenvalue weighted by Crippen LogP contribution is -2.13. The topological polar surface area (TPSA) is 83.1 Å². The van der Waals surface area contributed by atoms with Gasteiger partial charge >= 0.3 is 0 Å². The number of ether oxygens (including phenoxy) is 4. The van der Waals surface area contributed by atoms with E-state index in [1.807, 2.05) is 25.1 Å². The van der Waals surface area contributed by atoms with Gasteiger partial charge in [-0.3, -0.25) is 4.72 Å². The first kappa shape index (κ1) is 21.8. The first-order valence-electron chi connectivity index (χ1n) is 10.1. The predicted octanol–water partition coefficient (Wildman–Crippen LogP) is 4.75. The fourth-order valence-electron chi connectivity index (χ4n) is 3.89. The maximum absolute atomic E-state index is 12.8. The number of hydrogen-bond acceptors (Lipinski definition) is 6. The highest BCUT2D eigenvalue weighted by molar-refractivity contribution is 7.92. The molecule has 3 aromatic rings. The van der Waals surface area contributed by atoms with E-state index in [1.54, 1.807) is 56.7 Å². The van der Waals surface area contributed by atoms with Gasteiger partial charge in [0.05, 0.1) is 31.9 Å². The second-order valence-corrected chi connectivity index (χ2v) is 9.14. The Morgan fingerprint density at radius 1 is 0.844 bits per heavy atom. The number of methoxy groups -OCH3 is 3. The summed E-state index contributed by atoms with van der Waals surface area (Å²) in [4.78, 5) is 0.187. The van der Waals surface area contributed by atoms with Crippen LogP contribution < -0.4 is 23.7 Å². The molecular formula is C24H25NO6S. The molecule has 32 heavy (non-hydrogen) atoms.